The molecule has 1 amide bonds. The fourth-order valence-corrected chi connectivity index (χ4v) is 5.78. The number of carboxylic acid groups (broad SMARTS) is 1. The molecule has 10 heteroatoms. The number of aromatic nitrogens is 1. The van der Waals surface area contributed by atoms with Gasteiger partial charge < -0.3 is 25.0 Å². The van der Waals surface area contributed by atoms with E-state index in [2.05, 4.69) is 10.2 Å². The standard InChI is InChI=1S/C30H29ClN4O4S/c1-19(2)35(24-11-12-25(29(37)38)26(31)17-24)30-33-27(18-40-30)20-3-7-22(8-4-20)32-28(36)21-5-9-23(10-6-21)34-13-15-39-16-14-34/h3-12,17-19H,13-16H2,1-2H3,(H,32,36)(H,37,38). The van der Waals surface area contributed by atoms with Gasteiger partial charge in [-0.15, -0.1) is 11.3 Å². The van der Waals surface area contributed by atoms with Crippen LogP contribution in [0.2, 0.25) is 5.02 Å². The third-order valence-electron chi connectivity index (χ3n) is 6.62. The molecule has 3 aromatic carbocycles. The topological polar surface area (TPSA) is 95.0 Å². The van der Waals surface area contributed by atoms with E-state index in [9.17, 15) is 14.7 Å². The molecule has 0 spiro atoms. The first kappa shape index (κ1) is 27.6. The van der Waals surface area contributed by atoms with Gasteiger partial charge in [0.25, 0.3) is 5.91 Å². The minimum Gasteiger partial charge on any atom is -0.478 e. The molecule has 40 heavy (non-hydrogen) atoms. The van der Waals surface area contributed by atoms with Crippen LogP contribution in [0.3, 0.4) is 0 Å². The number of nitrogens with one attached hydrogen (secondary N) is 1. The third kappa shape index (κ3) is 6.12. The largest absolute Gasteiger partial charge is 0.478 e. The summed E-state index contributed by atoms with van der Waals surface area (Å²) in [6.07, 6.45) is 0. The fourth-order valence-electron chi connectivity index (χ4n) is 4.54. The summed E-state index contributed by atoms with van der Waals surface area (Å²) in [6, 6.07) is 20.2. The van der Waals surface area contributed by atoms with Crippen molar-refractivity contribution in [2.75, 3.05) is 41.4 Å². The number of carbonyl (C=O) groups excluding carboxylic acids is 1. The van der Waals surface area contributed by atoms with Gasteiger partial charge in [0.15, 0.2) is 5.13 Å². The van der Waals surface area contributed by atoms with Crippen molar-refractivity contribution >= 4 is 57.0 Å². The van der Waals surface area contributed by atoms with Crippen LogP contribution in [0.5, 0.6) is 0 Å². The number of hydrogen-bond donors (Lipinski definition) is 2. The number of aromatic carboxylic acids is 1. The van der Waals surface area contributed by atoms with Crippen molar-refractivity contribution in [1.82, 2.24) is 4.98 Å². The second-order valence-corrected chi connectivity index (χ2v) is 10.9. The van der Waals surface area contributed by atoms with E-state index in [1.54, 1.807) is 12.1 Å². The number of hydrogen-bond acceptors (Lipinski definition) is 7. The highest BCUT2D eigenvalue weighted by Crippen LogP contribution is 2.36. The maximum absolute atomic E-state index is 12.8. The summed E-state index contributed by atoms with van der Waals surface area (Å²) in [5.41, 5.74) is 4.92. The van der Waals surface area contributed by atoms with Crippen molar-refractivity contribution < 1.29 is 19.4 Å². The Balaban J connectivity index is 1.27. The monoisotopic (exact) mass is 576 g/mol. The lowest BCUT2D eigenvalue weighted by Crippen LogP contribution is -2.36. The van der Waals surface area contributed by atoms with Crippen LogP contribution in [0.1, 0.15) is 34.6 Å². The van der Waals surface area contributed by atoms with Crippen LogP contribution in [0.25, 0.3) is 11.3 Å². The molecule has 0 unspecified atom stereocenters. The van der Waals surface area contributed by atoms with Crippen molar-refractivity contribution in [2.45, 2.75) is 19.9 Å². The Hall–Kier alpha value is -3.92. The second kappa shape index (κ2) is 12.1. The molecular weight excluding hydrogens is 548 g/mol. The summed E-state index contributed by atoms with van der Waals surface area (Å²) in [5, 5.41) is 15.2. The summed E-state index contributed by atoms with van der Waals surface area (Å²) in [7, 11) is 0. The summed E-state index contributed by atoms with van der Waals surface area (Å²) in [5.74, 6) is -1.23. The molecule has 5 rings (SSSR count). The van der Waals surface area contributed by atoms with E-state index < -0.39 is 5.97 Å². The van der Waals surface area contributed by atoms with Gasteiger partial charge in [0.1, 0.15) is 0 Å². The van der Waals surface area contributed by atoms with E-state index >= 15 is 0 Å². The van der Waals surface area contributed by atoms with Crippen LogP contribution >= 0.6 is 22.9 Å². The molecule has 0 saturated carbocycles. The van der Waals surface area contributed by atoms with Crippen LogP contribution in [0.4, 0.5) is 22.2 Å². The number of benzene rings is 3. The minimum absolute atomic E-state index is 0.0612. The van der Waals surface area contributed by atoms with E-state index in [1.165, 1.54) is 17.4 Å². The lowest BCUT2D eigenvalue weighted by molar-refractivity contribution is 0.0697. The lowest BCUT2D eigenvalue weighted by Gasteiger charge is -2.28. The molecule has 8 nitrogen and oxygen atoms in total. The number of carboxylic acids is 1. The molecule has 0 atom stereocenters. The Kier molecular flexibility index (Phi) is 8.35. The average molecular weight is 577 g/mol. The molecule has 2 N–H and O–H groups in total. The van der Waals surface area contributed by atoms with Crippen LogP contribution < -0.4 is 15.1 Å². The Bertz CT molecular complexity index is 1500. The predicted octanol–water partition coefficient (Wildman–Crippen LogP) is 6.80. The van der Waals surface area contributed by atoms with E-state index in [0.29, 0.717) is 24.5 Å². The lowest BCUT2D eigenvalue weighted by atomic mass is 10.1. The van der Waals surface area contributed by atoms with Crippen LogP contribution in [-0.4, -0.2) is 54.3 Å². The molecule has 1 saturated heterocycles. The van der Waals surface area contributed by atoms with Crippen LogP contribution in [0.15, 0.2) is 72.1 Å². The number of ether oxygens (including phenoxy) is 1. The predicted molar refractivity (Wildman–Crippen MR) is 161 cm³/mol. The van der Waals surface area contributed by atoms with Gasteiger partial charge in [-0.05, 0) is 68.4 Å². The Morgan fingerprint density at radius 1 is 1.05 bits per heavy atom. The number of amides is 1. The normalized spacial score (nSPS) is 13.3. The number of carbonyl (C=O) groups is 2. The van der Waals surface area contributed by atoms with Crippen molar-refractivity contribution in [2.24, 2.45) is 0 Å². The molecule has 0 bridgehead atoms. The van der Waals surface area contributed by atoms with E-state index in [1.807, 2.05) is 72.7 Å². The summed E-state index contributed by atoms with van der Waals surface area (Å²) < 4.78 is 5.41. The first-order valence-corrected chi connectivity index (χ1v) is 14.2. The summed E-state index contributed by atoms with van der Waals surface area (Å²) >= 11 is 7.72. The van der Waals surface area contributed by atoms with Gasteiger partial charge in [0, 0.05) is 52.7 Å². The average Bonchev–Trinajstić information content (AvgIpc) is 3.43. The number of anilines is 4. The molecule has 2 heterocycles. The molecule has 4 aromatic rings. The maximum Gasteiger partial charge on any atom is 0.337 e. The highest BCUT2D eigenvalue weighted by atomic mass is 35.5. The number of nitrogens with zero attached hydrogens (tertiary/aromatic N) is 3. The fraction of sp³-hybridized carbons (Fsp3) is 0.233. The zero-order chi connectivity index (χ0) is 28.2. The van der Waals surface area contributed by atoms with Crippen molar-refractivity contribution in [1.29, 1.82) is 0 Å². The molecule has 1 fully saturated rings. The quantitative estimate of drug-likeness (QED) is 0.238. The molecule has 1 aliphatic heterocycles. The number of morpholine rings is 1. The van der Waals surface area contributed by atoms with Crippen molar-refractivity contribution in [3.8, 4) is 11.3 Å². The minimum atomic E-state index is -1.06. The van der Waals surface area contributed by atoms with Gasteiger partial charge >= 0.3 is 5.97 Å². The summed E-state index contributed by atoms with van der Waals surface area (Å²) in [6.45, 7) is 7.20. The van der Waals surface area contributed by atoms with E-state index in [-0.39, 0.29) is 22.5 Å². The van der Waals surface area contributed by atoms with Gasteiger partial charge in [-0.2, -0.15) is 0 Å². The number of halogens is 1. The highest BCUT2D eigenvalue weighted by molar-refractivity contribution is 7.14. The van der Waals surface area contributed by atoms with E-state index in [0.717, 1.165) is 40.9 Å². The Morgan fingerprint density at radius 3 is 2.38 bits per heavy atom. The summed E-state index contributed by atoms with van der Waals surface area (Å²) in [4.78, 5) is 33.3. The zero-order valence-electron chi connectivity index (χ0n) is 22.1. The highest BCUT2D eigenvalue weighted by Gasteiger charge is 2.20. The third-order valence-corrected chi connectivity index (χ3v) is 7.77. The van der Waals surface area contributed by atoms with Crippen LogP contribution in [0, 0.1) is 0 Å². The molecular formula is C30H29ClN4O4S. The van der Waals surface area contributed by atoms with Gasteiger partial charge in [-0.25, -0.2) is 9.78 Å². The maximum atomic E-state index is 12.8. The second-order valence-electron chi connectivity index (χ2n) is 9.63. The zero-order valence-corrected chi connectivity index (χ0v) is 23.7. The Morgan fingerprint density at radius 2 is 1.75 bits per heavy atom. The number of thiazole rings is 1. The Labute approximate surface area is 241 Å². The van der Waals surface area contributed by atoms with Crippen molar-refractivity contribution in [3.05, 3.63) is 88.3 Å². The molecule has 1 aliphatic rings. The van der Waals surface area contributed by atoms with Gasteiger partial charge in [0.2, 0.25) is 0 Å². The van der Waals surface area contributed by atoms with Crippen LogP contribution in [-0.2, 0) is 4.74 Å². The van der Waals surface area contributed by atoms with Gasteiger partial charge in [-0.3, -0.25) is 4.79 Å². The number of rotatable bonds is 8. The first-order valence-electron chi connectivity index (χ1n) is 12.9. The molecule has 1 aromatic heterocycles. The SMILES string of the molecule is CC(C)N(c1ccc(C(=O)O)c(Cl)c1)c1nc(-c2ccc(NC(=O)c3ccc(N4CCOCC4)cc3)cc2)cs1. The first-order chi connectivity index (χ1) is 19.3. The van der Waals surface area contributed by atoms with Crippen molar-refractivity contribution in [3.63, 3.8) is 0 Å². The van der Waals surface area contributed by atoms with Gasteiger partial charge in [-0.1, -0.05) is 23.7 Å². The molecule has 0 radical (unpaired) electrons. The smallest absolute Gasteiger partial charge is 0.337 e. The molecule has 206 valence electrons. The van der Waals surface area contributed by atoms with Gasteiger partial charge in [0.05, 0.1) is 29.5 Å². The van der Waals surface area contributed by atoms with E-state index in [4.69, 9.17) is 21.3 Å². The molecule has 0 aliphatic carbocycles.